The molecule has 106 valence electrons. The average molecular weight is 295 g/mol. The van der Waals surface area contributed by atoms with Crippen LogP contribution < -0.4 is 4.74 Å². The van der Waals surface area contributed by atoms with Crippen LogP contribution in [-0.2, 0) is 4.43 Å². The lowest BCUT2D eigenvalue weighted by atomic mass is 10.2. The van der Waals surface area contributed by atoms with Crippen molar-refractivity contribution < 1.29 is 9.16 Å². The summed E-state index contributed by atoms with van der Waals surface area (Å²) < 4.78 is 11.7. The first kappa shape index (κ1) is 16.0. The van der Waals surface area contributed by atoms with Crippen molar-refractivity contribution in [1.82, 2.24) is 0 Å². The Hall–Kier alpha value is -1.01. The van der Waals surface area contributed by atoms with Crippen molar-refractivity contribution >= 4 is 22.5 Å². The summed E-state index contributed by atoms with van der Waals surface area (Å²) in [7, 11) is -1.37. The third-order valence-corrected chi connectivity index (χ3v) is 5.34. The lowest BCUT2D eigenvalue weighted by Gasteiger charge is -2.29. The first-order valence-electron chi connectivity index (χ1n) is 6.68. The normalized spacial score (nSPS) is 13.3. The van der Waals surface area contributed by atoms with E-state index in [9.17, 15) is 0 Å². The minimum atomic E-state index is -1.59. The molecule has 0 spiro atoms. The molecule has 0 aliphatic carbocycles. The fraction of sp³-hybridized carbons (Fsp3) is 0.467. The predicted molar refractivity (Wildman–Crippen MR) is 88.7 cm³/mol. The SMILES string of the molecule is COc1ccccc1/C=C(\O[Si](C)(C)C)[Si](C)(C)C. The lowest BCUT2D eigenvalue weighted by Crippen LogP contribution is -2.34. The number of hydrogen-bond donors (Lipinski definition) is 0. The third-order valence-electron chi connectivity index (χ3n) is 2.58. The molecular weight excluding hydrogens is 268 g/mol. The number of hydrogen-bond acceptors (Lipinski definition) is 2. The van der Waals surface area contributed by atoms with Crippen LogP contribution in [-0.4, -0.2) is 23.5 Å². The Bertz CT molecular complexity index is 454. The molecule has 0 aliphatic rings. The molecule has 0 fully saturated rings. The van der Waals surface area contributed by atoms with E-state index in [1.54, 1.807) is 7.11 Å². The van der Waals surface area contributed by atoms with Crippen molar-refractivity contribution in [1.29, 1.82) is 0 Å². The highest BCUT2D eigenvalue weighted by molar-refractivity contribution is 6.84. The summed E-state index contributed by atoms with van der Waals surface area (Å²) in [5.41, 5.74) is 1.10. The molecule has 1 rings (SSSR count). The Kier molecular flexibility index (Phi) is 5.04. The van der Waals surface area contributed by atoms with Crippen LogP contribution in [0.1, 0.15) is 5.56 Å². The van der Waals surface area contributed by atoms with Crippen LogP contribution in [0.25, 0.3) is 6.08 Å². The maximum Gasteiger partial charge on any atom is 0.241 e. The molecular formula is C15H26O2Si2. The van der Waals surface area contributed by atoms with Gasteiger partial charge in [-0.2, -0.15) is 0 Å². The molecule has 0 radical (unpaired) electrons. The summed E-state index contributed by atoms with van der Waals surface area (Å²) in [6.07, 6.45) is 2.17. The van der Waals surface area contributed by atoms with Gasteiger partial charge in [0.05, 0.1) is 12.5 Å². The molecule has 0 N–H and O–H groups in total. The minimum Gasteiger partial charge on any atom is -0.551 e. The Morgan fingerprint density at radius 1 is 1.00 bits per heavy atom. The van der Waals surface area contributed by atoms with Gasteiger partial charge in [-0.3, -0.25) is 0 Å². The van der Waals surface area contributed by atoms with Crippen molar-refractivity contribution in [3.05, 3.63) is 35.2 Å². The number of benzene rings is 1. The van der Waals surface area contributed by atoms with Crippen LogP contribution in [0.15, 0.2) is 29.6 Å². The molecule has 0 unspecified atom stereocenters. The quantitative estimate of drug-likeness (QED) is 0.575. The van der Waals surface area contributed by atoms with Gasteiger partial charge in [-0.1, -0.05) is 37.8 Å². The molecule has 0 saturated carbocycles. The predicted octanol–water partition coefficient (Wildman–Crippen LogP) is 4.77. The van der Waals surface area contributed by atoms with Gasteiger partial charge < -0.3 is 9.16 Å². The van der Waals surface area contributed by atoms with Gasteiger partial charge >= 0.3 is 0 Å². The van der Waals surface area contributed by atoms with Gasteiger partial charge in [-0.15, -0.1) is 0 Å². The van der Waals surface area contributed by atoms with Crippen LogP contribution in [0, 0.1) is 0 Å². The molecule has 1 aromatic rings. The van der Waals surface area contributed by atoms with Crippen LogP contribution >= 0.6 is 0 Å². The van der Waals surface area contributed by atoms with E-state index in [1.807, 2.05) is 18.2 Å². The van der Waals surface area contributed by atoms with Crippen molar-refractivity contribution in [2.24, 2.45) is 0 Å². The molecule has 0 amide bonds. The largest absolute Gasteiger partial charge is 0.551 e. The molecule has 1 aromatic carbocycles. The van der Waals surface area contributed by atoms with Crippen LogP contribution in [0.4, 0.5) is 0 Å². The first-order valence-corrected chi connectivity index (χ1v) is 13.6. The van der Waals surface area contributed by atoms with E-state index in [0.29, 0.717) is 0 Å². The Labute approximate surface area is 119 Å². The number of rotatable bonds is 5. The zero-order valence-electron chi connectivity index (χ0n) is 13.2. The highest BCUT2D eigenvalue weighted by atomic mass is 28.4. The summed E-state index contributed by atoms with van der Waals surface area (Å²) in [4.78, 5) is 0. The van der Waals surface area contributed by atoms with Crippen molar-refractivity contribution in [3.8, 4) is 5.75 Å². The average Bonchev–Trinajstić information content (AvgIpc) is 2.26. The van der Waals surface area contributed by atoms with Gasteiger partial charge in [0.1, 0.15) is 13.8 Å². The van der Waals surface area contributed by atoms with E-state index in [1.165, 1.54) is 0 Å². The van der Waals surface area contributed by atoms with E-state index in [-0.39, 0.29) is 0 Å². The monoisotopic (exact) mass is 294 g/mol. The zero-order valence-corrected chi connectivity index (χ0v) is 15.2. The molecule has 0 bridgehead atoms. The van der Waals surface area contributed by atoms with Crippen molar-refractivity contribution in [2.45, 2.75) is 39.3 Å². The zero-order chi connectivity index (χ0) is 14.7. The Morgan fingerprint density at radius 3 is 2.05 bits per heavy atom. The highest BCUT2D eigenvalue weighted by Crippen LogP contribution is 2.27. The number of methoxy groups -OCH3 is 1. The molecule has 0 atom stereocenters. The second-order valence-electron chi connectivity index (χ2n) is 6.71. The molecule has 0 heterocycles. The van der Waals surface area contributed by atoms with Crippen molar-refractivity contribution in [3.63, 3.8) is 0 Å². The summed E-state index contributed by atoms with van der Waals surface area (Å²) in [5, 5.41) is 1.16. The highest BCUT2D eigenvalue weighted by Gasteiger charge is 2.27. The van der Waals surface area contributed by atoms with Crippen LogP contribution in [0.5, 0.6) is 5.75 Å². The fourth-order valence-corrected chi connectivity index (χ4v) is 5.11. The van der Waals surface area contributed by atoms with Gasteiger partial charge in [0.2, 0.25) is 8.32 Å². The van der Waals surface area contributed by atoms with Gasteiger partial charge in [0.25, 0.3) is 0 Å². The number of para-hydroxylation sites is 1. The topological polar surface area (TPSA) is 18.5 Å². The minimum absolute atomic E-state index is 0.900. The summed E-state index contributed by atoms with van der Waals surface area (Å²) in [5.74, 6) is 0.900. The van der Waals surface area contributed by atoms with Gasteiger partial charge in [0, 0.05) is 5.56 Å². The number of ether oxygens (including phenoxy) is 1. The molecule has 0 saturated heterocycles. The van der Waals surface area contributed by atoms with Crippen molar-refractivity contribution in [2.75, 3.05) is 7.11 Å². The molecule has 19 heavy (non-hydrogen) atoms. The van der Waals surface area contributed by atoms with E-state index < -0.39 is 16.4 Å². The second-order valence-corrected chi connectivity index (χ2v) is 16.1. The Morgan fingerprint density at radius 2 is 1.58 bits per heavy atom. The van der Waals surface area contributed by atoms with E-state index in [4.69, 9.17) is 9.16 Å². The standard InChI is InChI=1S/C15H26O2Si2/c1-16-14-11-9-8-10-13(14)12-15(18(2,3)4)17-19(5,6)7/h8-12H,1-7H3/b15-12+. The molecule has 0 aliphatic heterocycles. The summed E-state index contributed by atoms with van der Waals surface area (Å²) in [6.45, 7) is 13.6. The van der Waals surface area contributed by atoms with E-state index >= 15 is 0 Å². The third kappa shape index (κ3) is 5.24. The van der Waals surface area contributed by atoms with Gasteiger partial charge in [-0.25, -0.2) is 0 Å². The van der Waals surface area contributed by atoms with E-state index in [0.717, 1.165) is 16.7 Å². The van der Waals surface area contributed by atoms with E-state index in [2.05, 4.69) is 51.4 Å². The maximum atomic E-state index is 6.31. The molecule has 0 aromatic heterocycles. The maximum absolute atomic E-state index is 6.31. The van der Waals surface area contributed by atoms with Gasteiger partial charge in [-0.05, 0) is 31.8 Å². The fourth-order valence-electron chi connectivity index (χ4n) is 1.66. The smallest absolute Gasteiger partial charge is 0.241 e. The summed E-state index contributed by atoms with van der Waals surface area (Å²) >= 11 is 0. The molecule has 4 heteroatoms. The first-order chi connectivity index (χ1) is 8.63. The summed E-state index contributed by atoms with van der Waals surface area (Å²) in [6, 6.07) is 8.09. The van der Waals surface area contributed by atoms with Crippen LogP contribution in [0.2, 0.25) is 39.3 Å². The second kappa shape index (κ2) is 5.97. The van der Waals surface area contributed by atoms with Crippen LogP contribution in [0.3, 0.4) is 0 Å². The van der Waals surface area contributed by atoms with Gasteiger partial charge in [0.15, 0.2) is 0 Å². The lowest BCUT2D eigenvalue weighted by molar-refractivity contribution is 0.413. The Balaban J connectivity index is 3.20. The molecule has 2 nitrogen and oxygen atoms in total.